The van der Waals surface area contributed by atoms with Crippen molar-refractivity contribution in [3.8, 4) is 0 Å². The molecule has 2 aromatic carbocycles. The lowest BCUT2D eigenvalue weighted by molar-refractivity contribution is -0.111. The van der Waals surface area contributed by atoms with Crippen molar-refractivity contribution >= 4 is 67.8 Å². The third-order valence-corrected chi connectivity index (χ3v) is 6.98. The average Bonchev–Trinajstić information content (AvgIpc) is 3.46. The fourth-order valence-electron chi connectivity index (χ4n) is 4.02. The minimum atomic E-state index is -0.0830. The molecule has 0 bridgehead atoms. The van der Waals surface area contributed by atoms with Gasteiger partial charge < -0.3 is 10.6 Å². The molecule has 6 heteroatoms. The van der Waals surface area contributed by atoms with Gasteiger partial charge in [-0.3, -0.25) is 9.59 Å². The minimum absolute atomic E-state index is 0.0830. The van der Waals surface area contributed by atoms with E-state index in [1.165, 1.54) is 0 Å². The smallest absolute Gasteiger partial charge is 0.257 e. The number of carbonyl (C=O) groups is 2. The van der Waals surface area contributed by atoms with Crippen LogP contribution >= 0.6 is 22.7 Å². The number of fused-ring (bicyclic) bond motifs is 5. The summed E-state index contributed by atoms with van der Waals surface area (Å²) in [5.74, 6) is -0.166. The van der Waals surface area contributed by atoms with Crippen molar-refractivity contribution in [2.45, 2.75) is 0 Å². The molecule has 0 radical (unpaired) electrons. The van der Waals surface area contributed by atoms with Crippen LogP contribution in [0, 0.1) is 0 Å². The molecular formula is C22H12N2O2S2. The Kier molecular flexibility index (Phi) is 3.18. The molecule has 4 nitrogen and oxygen atoms in total. The third kappa shape index (κ3) is 2.04. The molecule has 2 N–H and O–H groups in total. The van der Waals surface area contributed by atoms with Gasteiger partial charge in [0.05, 0.1) is 22.5 Å². The summed E-state index contributed by atoms with van der Waals surface area (Å²) < 4.78 is 0. The number of rotatable bonds is 2. The lowest BCUT2D eigenvalue weighted by atomic mass is 10.0. The average molecular weight is 400 g/mol. The fourth-order valence-corrected chi connectivity index (χ4v) is 5.58. The van der Waals surface area contributed by atoms with Crippen molar-refractivity contribution < 1.29 is 9.59 Å². The maximum atomic E-state index is 12.7. The number of hydrogen-bond acceptors (Lipinski definition) is 4. The second-order valence-electron chi connectivity index (χ2n) is 6.68. The Labute approximate surface area is 167 Å². The number of nitrogens with one attached hydrogen (secondary N) is 2. The van der Waals surface area contributed by atoms with E-state index in [1.807, 2.05) is 59.3 Å². The van der Waals surface area contributed by atoms with Gasteiger partial charge >= 0.3 is 0 Å². The molecule has 0 unspecified atom stereocenters. The molecule has 4 heterocycles. The Hall–Kier alpha value is -3.22. The number of anilines is 2. The summed E-state index contributed by atoms with van der Waals surface area (Å²) in [5, 5.41) is 13.7. The van der Waals surface area contributed by atoms with E-state index in [4.69, 9.17) is 0 Å². The molecular weight excluding hydrogens is 388 g/mol. The van der Waals surface area contributed by atoms with Gasteiger partial charge in [-0.15, -0.1) is 22.7 Å². The Morgan fingerprint density at radius 2 is 1.07 bits per heavy atom. The summed E-state index contributed by atoms with van der Waals surface area (Å²) in [6, 6.07) is 15.8. The van der Waals surface area contributed by atoms with E-state index in [9.17, 15) is 9.59 Å². The predicted octanol–water partition coefficient (Wildman–Crippen LogP) is 3.27. The molecule has 0 saturated heterocycles. The molecule has 0 saturated carbocycles. The zero-order chi connectivity index (χ0) is 18.8. The highest BCUT2D eigenvalue weighted by molar-refractivity contribution is 7.11. The predicted molar refractivity (Wildman–Crippen MR) is 114 cm³/mol. The van der Waals surface area contributed by atoms with Crippen molar-refractivity contribution in [3.05, 3.63) is 79.5 Å². The van der Waals surface area contributed by atoms with Gasteiger partial charge in [0.2, 0.25) is 0 Å². The van der Waals surface area contributed by atoms with Gasteiger partial charge in [-0.2, -0.15) is 0 Å². The van der Waals surface area contributed by atoms with E-state index in [-0.39, 0.29) is 11.8 Å². The van der Waals surface area contributed by atoms with Crippen LogP contribution in [0.1, 0.15) is 9.75 Å². The van der Waals surface area contributed by atoms with Crippen LogP contribution in [0.2, 0.25) is 0 Å². The van der Waals surface area contributed by atoms with Crippen molar-refractivity contribution in [1.29, 1.82) is 0 Å². The Balaban J connectivity index is 1.68. The van der Waals surface area contributed by atoms with Gasteiger partial charge in [-0.05, 0) is 22.9 Å². The number of carbonyl (C=O) groups excluding carboxylic acids is 2. The van der Waals surface area contributed by atoms with E-state index in [2.05, 4.69) is 10.6 Å². The maximum Gasteiger partial charge on any atom is 0.257 e. The van der Waals surface area contributed by atoms with Crippen LogP contribution in [-0.4, -0.2) is 11.8 Å². The monoisotopic (exact) mass is 400 g/mol. The second kappa shape index (κ2) is 5.64. The molecule has 6 rings (SSSR count). The van der Waals surface area contributed by atoms with E-state index in [0.29, 0.717) is 11.1 Å². The summed E-state index contributed by atoms with van der Waals surface area (Å²) in [7, 11) is 0. The summed E-state index contributed by atoms with van der Waals surface area (Å²) in [6.45, 7) is 0. The van der Waals surface area contributed by atoms with Gasteiger partial charge in [0.15, 0.2) is 0 Å². The Morgan fingerprint density at radius 3 is 1.46 bits per heavy atom. The summed E-state index contributed by atoms with van der Waals surface area (Å²) in [4.78, 5) is 27.2. The SMILES string of the molecule is O=C1Nc2c(ccc3c4c(ccc23)=C(c2cccs2)C(=O)N4)=C1c1cccs1. The van der Waals surface area contributed by atoms with E-state index in [1.54, 1.807) is 22.7 Å². The van der Waals surface area contributed by atoms with Gasteiger partial charge in [0, 0.05) is 31.0 Å². The minimum Gasteiger partial charge on any atom is -0.321 e. The molecule has 4 aromatic rings. The van der Waals surface area contributed by atoms with Crippen molar-refractivity contribution in [2.24, 2.45) is 0 Å². The van der Waals surface area contributed by atoms with Crippen molar-refractivity contribution in [2.75, 3.05) is 10.6 Å². The molecule has 0 fully saturated rings. The lowest BCUT2D eigenvalue weighted by Crippen LogP contribution is -2.08. The first-order valence-corrected chi connectivity index (χ1v) is 10.5. The summed E-state index contributed by atoms with van der Waals surface area (Å²) in [6.07, 6.45) is 0. The lowest BCUT2D eigenvalue weighted by Gasteiger charge is -2.07. The fraction of sp³-hybridized carbons (Fsp3) is 0. The number of hydrogen-bond donors (Lipinski definition) is 2. The van der Waals surface area contributed by atoms with Crippen molar-refractivity contribution in [3.63, 3.8) is 0 Å². The first-order valence-electron chi connectivity index (χ1n) is 8.77. The molecule has 2 aliphatic heterocycles. The molecule has 0 atom stereocenters. The first-order chi connectivity index (χ1) is 13.7. The molecule has 2 aliphatic rings. The second-order valence-corrected chi connectivity index (χ2v) is 8.58. The van der Waals surface area contributed by atoms with Crippen LogP contribution in [0.4, 0.5) is 11.4 Å². The van der Waals surface area contributed by atoms with Gasteiger partial charge in [0.25, 0.3) is 11.8 Å². The topological polar surface area (TPSA) is 58.2 Å². The largest absolute Gasteiger partial charge is 0.321 e. The van der Waals surface area contributed by atoms with Crippen LogP contribution in [0.15, 0.2) is 59.3 Å². The number of thiophene rings is 2. The van der Waals surface area contributed by atoms with Crippen LogP contribution in [0.25, 0.3) is 21.9 Å². The van der Waals surface area contributed by atoms with E-state index >= 15 is 0 Å². The van der Waals surface area contributed by atoms with Crippen molar-refractivity contribution in [1.82, 2.24) is 0 Å². The zero-order valence-electron chi connectivity index (χ0n) is 14.4. The van der Waals surface area contributed by atoms with Gasteiger partial charge in [-0.25, -0.2) is 0 Å². The first kappa shape index (κ1) is 15.8. The van der Waals surface area contributed by atoms with Gasteiger partial charge in [0.1, 0.15) is 0 Å². The zero-order valence-corrected chi connectivity index (χ0v) is 16.0. The summed E-state index contributed by atoms with van der Waals surface area (Å²) in [5.41, 5.74) is 3.05. The Morgan fingerprint density at radius 1 is 0.607 bits per heavy atom. The molecule has 2 aromatic heterocycles. The molecule has 0 spiro atoms. The normalized spacial score (nSPS) is 15.0. The van der Waals surface area contributed by atoms with E-state index < -0.39 is 0 Å². The van der Waals surface area contributed by atoms with E-state index in [0.717, 1.165) is 42.3 Å². The molecule has 0 aliphatic carbocycles. The molecule has 134 valence electrons. The quantitative estimate of drug-likeness (QED) is 0.543. The summed E-state index contributed by atoms with van der Waals surface area (Å²) >= 11 is 3.11. The Bertz CT molecular complexity index is 1320. The van der Waals surface area contributed by atoms with Crippen LogP contribution in [0.5, 0.6) is 0 Å². The standard InChI is InChI=1S/C22H12N2O2S2/c25-21-17(15-3-1-9-27-15)13-7-5-12-11(19(13)23-21)6-8-14-18(16-4-2-10-28-16)22(26)24-20(12)14/h1-10H,(H,23,25)(H,24,26). The molecule has 28 heavy (non-hydrogen) atoms. The molecule has 2 amide bonds. The number of benzene rings is 2. The highest BCUT2D eigenvalue weighted by Crippen LogP contribution is 2.33. The van der Waals surface area contributed by atoms with Gasteiger partial charge in [-0.1, -0.05) is 36.4 Å². The maximum absolute atomic E-state index is 12.7. The third-order valence-electron chi connectivity index (χ3n) is 5.21. The van der Waals surface area contributed by atoms with Crippen LogP contribution in [-0.2, 0) is 9.59 Å². The highest BCUT2D eigenvalue weighted by Gasteiger charge is 2.27. The number of amides is 2. The van der Waals surface area contributed by atoms with Crippen LogP contribution in [0.3, 0.4) is 0 Å². The highest BCUT2D eigenvalue weighted by atomic mass is 32.1. The van der Waals surface area contributed by atoms with Crippen LogP contribution < -0.4 is 21.1 Å².